The van der Waals surface area contributed by atoms with Crippen LogP contribution in [0, 0.1) is 13.8 Å². The number of thiophene rings is 6. The van der Waals surface area contributed by atoms with E-state index in [0.29, 0.717) is 0 Å². The van der Waals surface area contributed by atoms with Crippen molar-refractivity contribution in [2.24, 2.45) is 0 Å². The summed E-state index contributed by atoms with van der Waals surface area (Å²) in [5.41, 5.74) is 3.15. The first-order valence-electron chi connectivity index (χ1n) is 23.5. The number of fused-ring (bicyclic) bond motifs is 1. The van der Waals surface area contributed by atoms with Crippen LogP contribution >= 0.6 is 68.0 Å². The summed E-state index contributed by atoms with van der Waals surface area (Å²) in [5, 5.41) is 0. The first kappa shape index (κ1) is 46.0. The molecule has 0 N–H and O–H groups in total. The quantitative estimate of drug-likeness (QED) is 0.0395. The van der Waals surface area contributed by atoms with Gasteiger partial charge in [0.05, 0.1) is 0 Å². The zero-order chi connectivity index (χ0) is 40.4. The Balaban J connectivity index is 1.07. The number of unbranched alkanes of at least 4 members (excludes halogenated alkanes) is 22. The van der Waals surface area contributed by atoms with E-state index < -0.39 is 0 Å². The predicted octanol–water partition coefficient (Wildman–Crippen LogP) is 21.0. The molecule has 0 saturated heterocycles. The predicted molar refractivity (Wildman–Crippen MR) is 272 cm³/mol. The molecule has 0 unspecified atom stereocenters. The van der Waals surface area contributed by atoms with Crippen LogP contribution in [0.4, 0.5) is 0 Å². The highest BCUT2D eigenvalue weighted by Gasteiger charge is 2.20. The van der Waals surface area contributed by atoms with Crippen LogP contribution in [0.3, 0.4) is 0 Å². The molecule has 0 amide bonds. The summed E-state index contributed by atoms with van der Waals surface area (Å²) >= 11 is 12.0. The van der Waals surface area contributed by atoms with Gasteiger partial charge < -0.3 is 0 Å². The van der Waals surface area contributed by atoms with Crippen molar-refractivity contribution >= 4 is 77.4 Å². The molecule has 0 bridgehead atoms. The minimum atomic E-state index is 1.20. The van der Waals surface area contributed by atoms with Gasteiger partial charge >= 0.3 is 0 Å². The van der Waals surface area contributed by atoms with E-state index in [9.17, 15) is 0 Å². The van der Waals surface area contributed by atoms with Gasteiger partial charge in [-0.15, -0.1) is 68.0 Å². The van der Waals surface area contributed by atoms with Gasteiger partial charge in [-0.05, 0) is 99.2 Å². The minimum Gasteiger partial charge on any atom is -0.140 e. The molecule has 0 radical (unpaired) electrons. The van der Waals surface area contributed by atoms with Gasteiger partial charge in [0.1, 0.15) is 0 Å². The fourth-order valence-electron chi connectivity index (χ4n) is 8.40. The largest absolute Gasteiger partial charge is 0.140 e. The maximum Gasteiger partial charge on any atom is 0.0482 e. The van der Waals surface area contributed by atoms with Crippen LogP contribution in [0.1, 0.15) is 189 Å². The molecule has 0 nitrogen and oxygen atoms in total. The van der Waals surface area contributed by atoms with Crippen LogP contribution in [-0.2, 0) is 12.8 Å². The lowest BCUT2D eigenvalue weighted by molar-refractivity contribution is 0.544. The van der Waals surface area contributed by atoms with Crippen molar-refractivity contribution in [3.63, 3.8) is 0 Å². The average molecular weight is 890 g/mol. The lowest BCUT2D eigenvalue weighted by Gasteiger charge is -2.04. The summed E-state index contributed by atoms with van der Waals surface area (Å²) in [4.78, 5) is 14.6. The topological polar surface area (TPSA) is 0 Å². The minimum absolute atomic E-state index is 1.20. The first-order chi connectivity index (χ1) is 28.5. The first-order valence-corrected chi connectivity index (χ1v) is 28.4. The van der Waals surface area contributed by atoms with E-state index in [1.807, 2.05) is 68.0 Å². The van der Waals surface area contributed by atoms with Gasteiger partial charge in [0.25, 0.3) is 0 Å². The van der Waals surface area contributed by atoms with Crippen molar-refractivity contribution in [2.75, 3.05) is 0 Å². The summed E-state index contributed by atoms with van der Waals surface area (Å²) in [7, 11) is 0. The van der Waals surface area contributed by atoms with Crippen molar-refractivity contribution < 1.29 is 0 Å². The average Bonchev–Trinajstić information content (AvgIpc) is 4.08. The van der Waals surface area contributed by atoms with E-state index in [-0.39, 0.29) is 0 Å². The Morgan fingerprint density at radius 1 is 0.310 bits per heavy atom. The summed E-state index contributed by atoms with van der Waals surface area (Å²) < 4.78 is 2.93. The summed E-state index contributed by atoms with van der Waals surface area (Å²) in [6.45, 7) is 9.10. The number of aryl methyl sites for hydroxylation is 4. The Bertz CT molecular complexity index is 1850. The number of hydrogen-bond acceptors (Lipinski definition) is 6. The molecule has 0 aliphatic rings. The third-order valence-electron chi connectivity index (χ3n) is 11.8. The highest BCUT2D eigenvalue weighted by Crippen LogP contribution is 2.50. The second kappa shape index (κ2) is 25.4. The van der Waals surface area contributed by atoms with Gasteiger partial charge in [0.2, 0.25) is 0 Å². The Kier molecular flexibility index (Phi) is 20.1. The van der Waals surface area contributed by atoms with Crippen molar-refractivity contribution in [3.8, 4) is 39.0 Å². The van der Waals surface area contributed by atoms with Crippen LogP contribution in [0.2, 0.25) is 0 Å². The molecule has 0 aliphatic heterocycles. The fraction of sp³-hybridized carbons (Fsp3) is 0.577. The molecule has 0 spiro atoms. The molecule has 6 aromatic rings. The second-order valence-electron chi connectivity index (χ2n) is 17.0. The Hall–Kier alpha value is -1.54. The molecule has 0 fully saturated rings. The molecule has 58 heavy (non-hydrogen) atoms. The monoisotopic (exact) mass is 888 g/mol. The third-order valence-corrected chi connectivity index (χ3v) is 19.2. The zero-order valence-corrected chi connectivity index (χ0v) is 41.4. The molecule has 0 aliphatic carbocycles. The highest BCUT2D eigenvalue weighted by atomic mass is 32.1. The summed E-state index contributed by atoms with van der Waals surface area (Å²) in [6.07, 6.45) is 36.1. The molecule has 6 aromatic heterocycles. The molecule has 0 atom stereocenters. The Morgan fingerprint density at radius 2 is 0.638 bits per heavy atom. The summed E-state index contributed by atoms with van der Waals surface area (Å²) in [5.74, 6) is 0. The molecule has 316 valence electrons. The van der Waals surface area contributed by atoms with Gasteiger partial charge in [0.15, 0.2) is 0 Å². The molecular formula is C52H72S6. The Morgan fingerprint density at radius 3 is 0.948 bits per heavy atom. The fourth-order valence-corrected chi connectivity index (χ4v) is 15.4. The maximum absolute atomic E-state index is 2.55. The van der Waals surface area contributed by atoms with Crippen molar-refractivity contribution in [1.82, 2.24) is 0 Å². The smallest absolute Gasteiger partial charge is 0.0482 e. The lowest BCUT2D eigenvalue weighted by Crippen LogP contribution is -1.87. The van der Waals surface area contributed by atoms with E-state index in [4.69, 9.17) is 0 Å². The van der Waals surface area contributed by atoms with E-state index in [1.165, 1.54) is 225 Å². The van der Waals surface area contributed by atoms with Crippen LogP contribution in [0.25, 0.3) is 48.4 Å². The van der Waals surface area contributed by atoms with Gasteiger partial charge in [0, 0.05) is 58.2 Å². The van der Waals surface area contributed by atoms with Crippen LogP contribution in [0.5, 0.6) is 0 Å². The normalized spacial score (nSPS) is 11.9. The third kappa shape index (κ3) is 14.3. The second-order valence-corrected chi connectivity index (χ2v) is 23.8. The SMILES string of the molecule is CCCCCCCCCCCCCCc1cc(-c2ccc(C)s2)sc1-c1cc2sc(-c3sc(-c4ccc(C)s4)cc3CCCCCCCCCCCCCC)cc2s1. The van der Waals surface area contributed by atoms with Gasteiger partial charge in [-0.3, -0.25) is 0 Å². The van der Waals surface area contributed by atoms with Crippen LogP contribution in [0.15, 0.2) is 48.5 Å². The van der Waals surface area contributed by atoms with Crippen LogP contribution < -0.4 is 0 Å². The van der Waals surface area contributed by atoms with Gasteiger partial charge in [-0.25, -0.2) is 0 Å². The van der Waals surface area contributed by atoms with E-state index in [2.05, 4.69) is 76.2 Å². The molecule has 0 aromatic carbocycles. The number of hydrogen-bond donors (Lipinski definition) is 0. The molecule has 6 rings (SSSR count). The lowest BCUT2D eigenvalue weighted by atomic mass is 10.0. The van der Waals surface area contributed by atoms with Crippen molar-refractivity contribution in [3.05, 3.63) is 69.4 Å². The highest BCUT2D eigenvalue weighted by molar-refractivity contribution is 7.34. The van der Waals surface area contributed by atoms with Crippen molar-refractivity contribution in [1.29, 1.82) is 0 Å². The molecule has 6 heteroatoms. The summed E-state index contributed by atoms with van der Waals surface area (Å²) in [6, 6.07) is 19.4. The van der Waals surface area contributed by atoms with Crippen molar-refractivity contribution in [2.45, 2.75) is 195 Å². The van der Waals surface area contributed by atoms with E-state index in [1.54, 1.807) is 11.1 Å². The Labute approximate surface area is 377 Å². The zero-order valence-electron chi connectivity index (χ0n) is 36.5. The number of rotatable bonds is 30. The van der Waals surface area contributed by atoms with Gasteiger partial charge in [-0.1, -0.05) is 155 Å². The van der Waals surface area contributed by atoms with Crippen LogP contribution in [-0.4, -0.2) is 0 Å². The van der Waals surface area contributed by atoms with E-state index >= 15 is 0 Å². The molecule has 0 saturated carbocycles. The standard InChI is InChI=1S/C52H72S6/c1-5-7-9-11-13-15-17-19-21-23-25-27-29-41-35-45(43-33-31-39(3)53-43)57-51(41)49-37-47-48(55-49)38-50(56-47)52-42(36-46(58-52)44-34-32-40(4)54-44)30-28-26-24-22-20-18-16-14-12-10-8-6-2/h31-38H,5-30H2,1-4H3. The molecule has 6 heterocycles. The van der Waals surface area contributed by atoms with E-state index in [0.717, 1.165) is 0 Å². The maximum atomic E-state index is 2.55. The molecular weight excluding hydrogens is 817 g/mol. The van der Waals surface area contributed by atoms with Gasteiger partial charge in [-0.2, -0.15) is 0 Å².